The number of guanidine groups is 1. The molecular weight excluding hydrogens is 439 g/mol. The maximum absolute atomic E-state index is 4.85. The first kappa shape index (κ1) is 21.0. The number of thioether (sulfide) groups is 1. The van der Waals surface area contributed by atoms with Crippen molar-refractivity contribution in [3.8, 4) is 0 Å². The van der Waals surface area contributed by atoms with Crippen LogP contribution in [0.15, 0.2) is 4.99 Å². The largest absolute Gasteiger partial charge is 0.357 e. The molecule has 1 fully saturated rings. The Kier molecular flexibility index (Phi) is 8.65. The number of rotatable bonds is 4. The van der Waals surface area contributed by atoms with E-state index in [4.69, 9.17) is 4.99 Å². The molecule has 0 atom stereocenters. The predicted molar refractivity (Wildman–Crippen MR) is 115 cm³/mol. The summed E-state index contributed by atoms with van der Waals surface area (Å²) in [5.41, 5.74) is 1.17. The lowest BCUT2D eigenvalue weighted by atomic mass is 10.2. The fraction of sp³-hybridized carbons (Fsp3) is 0.750. The summed E-state index contributed by atoms with van der Waals surface area (Å²) in [7, 11) is 0. The van der Waals surface area contributed by atoms with Crippen molar-refractivity contribution in [2.24, 2.45) is 4.99 Å². The summed E-state index contributed by atoms with van der Waals surface area (Å²) in [5.74, 6) is 2.24. The van der Waals surface area contributed by atoms with Crippen LogP contribution in [0, 0.1) is 13.8 Å². The number of aryl methyl sites for hydroxylation is 2. The summed E-state index contributed by atoms with van der Waals surface area (Å²) >= 11 is 3.85. The average Bonchev–Trinajstić information content (AvgIpc) is 2.75. The predicted octanol–water partition coefficient (Wildman–Crippen LogP) is 3.71. The van der Waals surface area contributed by atoms with E-state index in [1.165, 1.54) is 16.3 Å². The zero-order valence-corrected chi connectivity index (χ0v) is 18.8. The Hall–Kier alpha value is -0.0200. The molecule has 7 heteroatoms. The summed E-state index contributed by atoms with van der Waals surface area (Å²) in [5, 5.41) is 4.60. The van der Waals surface area contributed by atoms with Gasteiger partial charge in [-0.1, -0.05) is 0 Å². The first-order chi connectivity index (χ1) is 10.4. The molecule has 0 spiro atoms. The lowest BCUT2D eigenvalue weighted by molar-refractivity contribution is 0.376. The summed E-state index contributed by atoms with van der Waals surface area (Å²) in [6.07, 6.45) is 0.984. The second kappa shape index (κ2) is 9.46. The molecule has 2 heterocycles. The van der Waals surface area contributed by atoms with E-state index in [1.54, 1.807) is 11.3 Å². The van der Waals surface area contributed by atoms with Crippen LogP contribution in [0.5, 0.6) is 0 Å². The number of aliphatic imine (C=N–C) groups is 1. The van der Waals surface area contributed by atoms with E-state index in [0.29, 0.717) is 4.75 Å². The standard InChI is InChI=1S/C16H28N4S2.HI/c1-6-17-15(20-9-10-21-16(4,5)11-20)18-8-7-14-12(2)19-13(3)22-14;/h6-11H2,1-5H3,(H,17,18);1H. The van der Waals surface area contributed by atoms with Gasteiger partial charge in [0.1, 0.15) is 0 Å². The van der Waals surface area contributed by atoms with Crippen LogP contribution in [-0.2, 0) is 6.42 Å². The molecule has 132 valence electrons. The van der Waals surface area contributed by atoms with E-state index in [2.05, 4.69) is 61.6 Å². The van der Waals surface area contributed by atoms with Gasteiger partial charge in [0.05, 0.1) is 10.7 Å². The zero-order valence-electron chi connectivity index (χ0n) is 14.8. The van der Waals surface area contributed by atoms with Crippen LogP contribution in [0.2, 0.25) is 0 Å². The van der Waals surface area contributed by atoms with Gasteiger partial charge in [-0.2, -0.15) is 11.8 Å². The van der Waals surface area contributed by atoms with Crippen LogP contribution in [0.1, 0.15) is 36.3 Å². The molecule has 1 N–H and O–H groups in total. The summed E-state index contributed by atoms with van der Waals surface area (Å²) in [6.45, 7) is 14.8. The molecule has 0 amide bonds. The van der Waals surface area contributed by atoms with Gasteiger partial charge in [-0.25, -0.2) is 4.98 Å². The fourth-order valence-electron chi connectivity index (χ4n) is 2.69. The minimum Gasteiger partial charge on any atom is -0.357 e. The maximum atomic E-state index is 4.85. The van der Waals surface area contributed by atoms with E-state index in [0.717, 1.165) is 43.6 Å². The third-order valence-corrected chi connectivity index (χ3v) is 6.09. The van der Waals surface area contributed by atoms with Gasteiger partial charge in [0.2, 0.25) is 0 Å². The maximum Gasteiger partial charge on any atom is 0.193 e. The van der Waals surface area contributed by atoms with E-state index in [9.17, 15) is 0 Å². The normalized spacial score (nSPS) is 17.8. The van der Waals surface area contributed by atoms with Crippen molar-refractivity contribution in [2.75, 3.05) is 31.9 Å². The third kappa shape index (κ3) is 6.42. The average molecular weight is 468 g/mol. The van der Waals surface area contributed by atoms with Crippen molar-refractivity contribution in [1.29, 1.82) is 0 Å². The number of aromatic nitrogens is 1. The Labute approximate surface area is 166 Å². The molecule has 0 radical (unpaired) electrons. The molecule has 1 aromatic rings. The number of halogens is 1. The molecule has 0 aromatic carbocycles. The van der Waals surface area contributed by atoms with Crippen molar-refractivity contribution in [3.63, 3.8) is 0 Å². The highest BCUT2D eigenvalue weighted by atomic mass is 127. The topological polar surface area (TPSA) is 40.5 Å². The van der Waals surface area contributed by atoms with Gasteiger partial charge in [0.25, 0.3) is 0 Å². The van der Waals surface area contributed by atoms with Crippen molar-refractivity contribution in [2.45, 2.75) is 45.8 Å². The van der Waals surface area contributed by atoms with Gasteiger partial charge in [-0.3, -0.25) is 4.99 Å². The molecular formula is C16H29IN4S2. The molecule has 0 unspecified atom stereocenters. The van der Waals surface area contributed by atoms with Gasteiger partial charge < -0.3 is 10.2 Å². The highest BCUT2D eigenvalue weighted by Gasteiger charge is 2.28. The Morgan fingerprint density at radius 3 is 2.70 bits per heavy atom. The highest BCUT2D eigenvalue weighted by Crippen LogP contribution is 2.29. The monoisotopic (exact) mass is 468 g/mol. The van der Waals surface area contributed by atoms with Crippen LogP contribution >= 0.6 is 47.1 Å². The van der Waals surface area contributed by atoms with Crippen LogP contribution in [0.3, 0.4) is 0 Å². The number of nitrogens with one attached hydrogen (secondary N) is 1. The Balaban J connectivity index is 0.00000264. The number of nitrogens with zero attached hydrogens (tertiary/aromatic N) is 3. The minimum atomic E-state index is 0. The van der Waals surface area contributed by atoms with Gasteiger partial charge >= 0.3 is 0 Å². The van der Waals surface area contributed by atoms with E-state index in [1.807, 2.05) is 0 Å². The molecule has 0 bridgehead atoms. The minimum absolute atomic E-state index is 0. The first-order valence-electron chi connectivity index (χ1n) is 8.01. The SMILES string of the molecule is CCNC(=NCCc1sc(C)nc1C)N1CCSC(C)(C)C1.I. The van der Waals surface area contributed by atoms with Crippen LogP contribution < -0.4 is 5.32 Å². The van der Waals surface area contributed by atoms with Gasteiger partial charge in [-0.15, -0.1) is 35.3 Å². The van der Waals surface area contributed by atoms with E-state index in [-0.39, 0.29) is 24.0 Å². The van der Waals surface area contributed by atoms with E-state index >= 15 is 0 Å². The van der Waals surface area contributed by atoms with Gasteiger partial charge in [0.15, 0.2) is 5.96 Å². The lowest BCUT2D eigenvalue weighted by Gasteiger charge is -2.39. The molecule has 1 aliphatic rings. The smallest absolute Gasteiger partial charge is 0.193 e. The summed E-state index contributed by atoms with van der Waals surface area (Å²) < 4.78 is 0.305. The number of thiazole rings is 1. The third-order valence-electron chi connectivity index (χ3n) is 3.66. The second-order valence-corrected chi connectivity index (χ2v) is 9.35. The highest BCUT2D eigenvalue weighted by molar-refractivity contribution is 14.0. The molecule has 1 aliphatic heterocycles. The molecule has 2 rings (SSSR count). The Bertz CT molecular complexity index is 528. The second-order valence-electron chi connectivity index (χ2n) is 6.26. The van der Waals surface area contributed by atoms with Gasteiger partial charge in [0, 0.05) is 48.0 Å². The van der Waals surface area contributed by atoms with Crippen LogP contribution in [0.25, 0.3) is 0 Å². The quantitative estimate of drug-likeness (QED) is 0.416. The first-order valence-corrected chi connectivity index (χ1v) is 9.81. The fourth-order valence-corrected chi connectivity index (χ4v) is 4.73. The van der Waals surface area contributed by atoms with Crippen LogP contribution in [-0.4, -0.2) is 52.5 Å². The molecule has 23 heavy (non-hydrogen) atoms. The Morgan fingerprint density at radius 2 is 2.13 bits per heavy atom. The number of hydrogen-bond acceptors (Lipinski definition) is 4. The van der Waals surface area contributed by atoms with Gasteiger partial charge in [-0.05, 0) is 34.6 Å². The molecule has 4 nitrogen and oxygen atoms in total. The molecule has 1 aromatic heterocycles. The van der Waals surface area contributed by atoms with Crippen molar-refractivity contribution in [3.05, 3.63) is 15.6 Å². The van der Waals surface area contributed by atoms with Crippen molar-refractivity contribution >= 4 is 53.0 Å². The Morgan fingerprint density at radius 1 is 1.39 bits per heavy atom. The summed E-state index contributed by atoms with van der Waals surface area (Å²) in [6, 6.07) is 0. The zero-order chi connectivity index (χ0) is 16.2. The molecule has 0 aliphatic carbocycles. The number of hydrogen-bond donors (Lipinski definition) is 1. The summed E-state index contributed by atoms with van der Waals surface area (Å²) in [4.78, 5) is 13.1. The van der Waals surface area contributed by atoms with Crippen molar-refractivity contribution in [1.82, 2.24) is 15.2 Å². The van der Waals surface area contributed by atoms with E-state index < -0.39 is 0 Å². The molecule has 0 saturated carbocycles. The lowest BCUT2D eigenvalue weighted by Crippen LogP contribution is -2.51. The van der Waals surface area contributed by atoms with Crippen LogP contribution in [0.4, 0.5) is 0 Å². The van der Waals surface area contributed by atoms with Crippen molar-refractivity contribution < 1.29 is 0 Å². The molecule has 1 saturated heterocycles.